The van der Waals surface area contributed by atoms with Crippen molar-refractivity contribution in [3.63, 3.8) is 0 Å². The van der Waals surface area contributed by atoms with E-state index in [1.165, 1.54) is 28.7 Å². The molecule has 1 aliphatic rings. The molecule has 1 aromatic heterocycles. The molecule has 148 valence electrons. The number of carbonyl (C=O) groups excluding carboxylic acids is 2. The minimum absolute atomic E-state index is 0.0160. The van der Waals surface area contributed by atoms with Gasteiger partial charge in [-0.05, 0) is 24.6 Å². The molecule has 0 aliphatic carbocycles. The molecule has 0 saturated carbocycles. The van der Waals surface area contributed by atoms with Crippen molar-refractivity contribution in [3.8, 4) is 0 Å². The molecule has 1 unspecified atom stereocenters. The maximum atomic E-state index is 12.8. The van der Waals surface area contributed by atoms with Crippen molar-refractivity contribution in [2.75, 3.05) is 11.9 Å². The molecular formula is C21H20N4O2S2. The number of para-hydroxylation sites is 1. The first-order valence-electron chi connectivity index (χ1n) is 9.26. The fraction of sp³-hybridized carbons (Fsp3) is 0.238. The van der Waals surface area contributed by atoms with E-state index in [1.54, 1.807) is 10.4 Å². The van der Waals surface area contributed by atoms with Crippen molar-refractivity contribution in [1.29, 1.82) is 0 Å². The van der Waals surface area contributed by atoms with Gasteiger partial charge in [0.05, 0.1) is 11.6 Å². The zero-order valence-electron chi connectivity index (χ0n) is 15.9. The number of nitrogens with one attached hydrogen (secondary N) is 1. The highest BCUT2D eigenvalue weighted by atomic mass is 32.2. The summed E-state index contributed by atoms with van der Waals surface area (Å²) in [5, 5.41) is 10.9. The molecule has 6 nitrogen and oxygen atoms in total. The van der Waals surface area contributed by atoms with Gasteiger partial charge in [-0.1, -0.05) is 65.1 Å². The molecule has 1 aliphatic heterocycles. The number of aromatic nitrogens is 2. The van der Waals surface area contributed by atoms with Gasteiger partial charge in [-0.25, -0.2) is 0 Å². The second-order valence-corrected chi connectivity index (χ2v) is 9.08. The van der Waals surface area contributed by atoms with E-state index in [0.29, 0.717) is 13.1 Å². The summed E-state index contributed by atoms with van der Waals surface area (Å²) in [5.74, 6) is -0.468. The third-order valence-electron chi connectivity index (χ3n) is 4.76. The van der Waals surface area contributed by atoms with Gasteiger partial charge in [-0.3, -0.25) is 9.59 Å². The highest BCUT2D eigenvalue weighted by Crippen LogP contribution is 2.34. The Labute approximate surface area is 177 Å². The van der Waals surface area contributed by atoms with E-state index < -0.39 is 0 Å². The van der Waals surface area contributed by atoms with Crippen LogP contribution in [-0.2, 0) is 16.1 Å². The summed E-state index contributed by atoms with van der Waals surface area (Å²) >= 11 is 2.91. The molecule has 29 heavy (non-hydrogen) atoms. The molecule has 3 aromatic rings. The van der Waals surface area contributed by atoms with Crippen molar-refractivity contribution < 1.29 is 9.59 Å². The Hall–Kier alpha value is -2.71. The number of rotatable bonds is 6. The number of nitrogens with zero attached hydrogens (tertiary/aromatic N) is 3. The number of hydrogen-bond donors (Lipinski definition) is 1. The van der Waals surface area contributed by atoms with Crippen LogP contribution in [0, 0.1) is 12.8 Å². The number of aryl methyl sites for hydroxylation is 1. The van der Waals surface area contributed by atoms with Gasteiger partial charge in [0.2, 0.25) is 11.8 Å². The van der Waals surface area contributed by atoms with Gasteiger partial charge in [0, 0.05) is 24.4 Å². The Bertz CT molecular complexity index is 1010. The van der Waals surface area contributed by atoms with Crippen LogP contribution < -0.4 is 5.32 Å². The summed E-state index contributed by atoms with van der Waals surface area (Å²) in [4.78, 5) is 27.9. The van der Waals surface area contributed by atoms with Crippen molar-refractivity contribution in [2.45, 2.75) is 29.1 Å². The van der Waals surface area contributed by atoms with E-state index in [-0.39, 0.29) is 24.2 Å². The Morgan fingerprint density at radius 1 is 1.24 bits per heavy atom. The zero-order valence-corrected chi connectivity index (χ0v) is 17.5. The lowest BCUT2D eigenvalue weighted by Crippen LogP contribution is -2.28. The Kier molecular flexibility index (Phi) is 5.92. The zero-order chi connectivity index (χ0) is 20.2. The molecule has 0 bridgehead atoms. The van der Waals surface area contributed by atoms with Crippen LogP contribution in [-0.4, -0.2) is 33.5 Å². The summed E-state index contributed by atoms with van der Waals surface area (Å²) in [7, 11) is 0. The maximum absolute atomic E-state index is 12.8. The molecule has 2 aromatic carbocycles. The number of anilines is 1. The standard InChI is InChI=1S/C21H20N4O2S2/c1-14-6-8-15(9-7-14)11-25-12-16(10-19(25)26)20(27)23-17-4-2-3-5-18(17)29-21-24-22-13-28-21/h2-9,13,16H,10-12H2,1H3,(H,23,27). The minimum atomic E-state index is -0.354. The topological polar surface area (TPSA) is 75.2 Å². The normalized spacial score (nSPS) is 16.2. The van der Waals surface area contributed by atoms with Crippen LogP contribution in [0.2, 0.25) is 0 Å². The van der Waals surface area contributed by atoms with E-state index in [1.807, 2.05) is 55.5 Å². The average Bonchev–Trinajstić information content (AvgIpc) is 3.35. The predicted octanol–water partition coefficient (Wildman–Crippen LogP) is 3.98. The van der Waals surface area contributed by atoms with Crippen LogP contribution >= 0.6 is 23.1 Å². The maximum Gasteiger partial charge on any atom is 0.229 e. The Balaban J connectivity index is 1.40. The van der Waals surface area contributed by atoms with Crippen LogP contribution in [0.3, 0.4) is 0 Å². The Morgan fingerprint density at radius 3 is 2.79 bits per heavy atom. The molecule has 8 heteroatoms. The lowest BCUT2D eigenvalue weighted by molar-refractivity contribution is -0.128. The quantitative estimate of drug-likeness (QED) is 0.648. The van der Waals surface area contributed by atoms with E-state index in [4.69, 9.17) is 0 Å². The molecule has 0 spiro atoms. The van der Waals surface area contributed by atoms with Crippen molar-refractivity contribution >= 4 is 40.6 Å². The lowest BCUT2D eigenvalue weighted by Gasteiger charge is -2.17. The van der Waals surface area contributed by atoms with Gasteiger partial charge in [0.25, 0.3) is 0 Å². The third kappa shape index (κ3) is 4.83. The smallest absolute Gasteiger partial charge is 0.229 e. The van der Waals surface area contributed by atoms with Crippen LogP contribution in [0.15, 0.2) is 63.3 Å². The Morgan fingerprint density at radius 2 is 2.03 bits per heavy atom. The van der Waals surface area contributed by atoms with Crippen molar-refractivity contribution in [3.05, 3.63) is 65.2 Å². The van der Waals surface area contributed by atoms with Gasteiger partial charge < -0.3 is 10.2 Å². The van der Waals surface area contributed by atoms with E-state index in [0.717, 1.165) is 20.5 Å². The van der Waals surface area contributed by atoms with Crippen LogP contribution in [0.1, 0.15) is 17.5 Å². The first-order valence-corrected chi connectivity index (χ1v) is 11.0. The third-order valence-corrected chi connectivity index (χ3v) is 6.62. The lowest BCUT2D eigenvalue weighted by atomic mass is 10.1. The van der Waals surface area contributed by atoms with Gasteiger partial charge in [0.1, 0.15) is 5.51 Å². The second-order valence-electron chi connectivity index (χ2n) is 6.95. The summed E-state index contributed by atoms with van der Waals surface area (Å²) < 4.78 is 0.812. The largest absolute Gasteiger partial charge is 0.338 e. The predicted molar refractivity (Wildman–Crippen MR) is 114 cm³/mol. The SMILES string of the molecule is Cc1ccc(CN2CC(C(=O)Nc3ccccc3Sc3nncs3)CC2=O)cc1. The summed E-state index contributed by atoms with van der Waals surface area (Å²) in [6, 6.07) is 15.7. The van der Waals surface area contributed by atoms with E-state index in [9.17, 15) is 9.59 Å². The van der Waals surface area contributed by atoms with Gasteiger partial charge >= 0.3 is 0 Å². The van der Waals surface area contributed by atoms with Crippen molar-refractivity contribution in [1.82, 2.24) is 15.1 Å². The highest BCUT2D eigenvalue weighted by molar-refractivity contribution is 8.01. The number of amides is 2. The summed E-state index contributed by atoms with van der Waals surface area (Å²) in [6.45, 7) is 3.00. The minimum Gasteiger partial charge on any atom is -0.338 e. The summed E-state index contributed by atoms with van der Waals surface area (Å²) in [5.41, 5.74) is 4.66. The van der Waals surface area contributed by atoms with Gasteiger partial charge in [0.15, 0.2) is 4.34 Å². The molecule has 1 fully saturated rings. The highest BCUT2D eigenvalue weighted by Gasteiger charge is 2.34. The van der Waals surface area contributed by atoms with Crippen LogP contribution in [0.5, 0.6) is 0 Å². The van der Waals surface area contributed by atoms with E-state index >= 15 is 0 Å². The molecular weight excluding hydrogens is 404 g/mol. The number of carbonyl (C=O) groups is 2. The van der Waals surface area contributed by atoms with E-state index in [2.05, 4.69) is 15.5 Å². The van der Waals surface area contributed by atoms with Crippen molar-refractivity contribution in [2.24, 2.45) is 5.92 Å². The number of likely N-dealkylation sites (tertiary alicyclic amines) is 1. The molecule has 4 rings (SSSR count). The molecule has 1 saturated heterocycles. The van der Waals surface area contributed by atoms with Gasteiger partial charge in [-0.15, -0.1) is 10.2 Å². The summed E-state index contributed by atoms with van der Waals surface area (Å²) in [6.07, 6.45) is 0.239. The molecule has 2 heterocycles. The molecule has 2 amide bonds. The first-order chi connectivity index (χ1) is 14.1. The van der Waals surface area contributed by atoms with Crippen LogP contribution in [0.25, 0.3) is 0 Å². The molecule has 0 radical (unpaired) electrons. The first kappa shape index (κ1) is 19.6. The fourth-order valence-corrected chi connectivity index (χ4v) is 4.73. The number of hydrogen-bond acceptors (Lipinski definition) is 6. The average molecular weight is 425 g/mol. The molecule has 1 atom stereocenters. The fourth-order valence-electron chi connectivity index (χ4n) is 3.21. The van der Waals surface area contributed by atoms with Gasteiger partial charge in [-0.2, -0.15) is 0 Å². The van der Waals surface area contributed by atoms with Crippen LogP contribution in [0.4, 0.5) is 5.69 Å². The number of benzene rings is 2. The second kappa shape index (κ2) is 8.75. The molecule has 1 N–H and O–H groups in total. The monoisotopic (exact) mass is 424 g/mol.